The molecule has 0 spiro atoms. The summed E-state index contributed by atoms with van der Waals surface area (Å²) in [7, 11) is 0. The van der Waals surface area contributed by atoms with Crippen LogP contribution in [0.25, 0.3) is 11.3 Å². The van der Waals surface area contributed by atoms with Gasteiger partial charge in [0.2, 0.25) is 0 Å². The summed E-state index contributed by atoms with van der Waals surface area (Å²) in [5.41, 5.74) is 2.19. The maximum Gasteiger partial charge on any atom is 0.0701 e. The van der Waals surface area contributed by atoms with Crippen molar-refractivity contribution in [1.82, 2.24) is 4.98 Å². The van der Waals surface area contributed by atoms with Crippen molar-refractivity contribution < 1.29 is 5.21 Å². The van der Waals surface area contributed by atoms with Crippen LogP contribution in [0.15, 0.2) is 59.9 Å². The Bertz CT molecular complexity index is 349. The smallest absolute Gasteiger partial charge is 0.0701 e. The van der Waals surface area contributed by atoms with Gasteiger partial charge in [-0.15, -0.1) is 5.16 Å². The van der Waals surface area contributed by atoms with E-state index in [2.05, 4.69) is 29.0 Å². The topological polar surface area (TPSA) is 45.5 Å². The number of hydrogen-bond acceptors (Lipinski definition) is 3. The predicted molar refractivity (Wildman–Crippen MR) is 61.0 cm³/mol. The second-order valence-electron chi connectivity index (χ2n) is 2.72. The highest BCUT2D eigenvalue weighted by Gasteiger charge is 1.93. The lowest BCUT2D eigenvalue weighted by molar-refractivity contribution is 0.323. The number of aromatic nitrogens is 1. The molecule has 1 aromatic carbocycles. The second kappa shape index (κ2) is 6.32. The minimum Gasteiger partial charge on any atom is -0.411 e. The minimum absolute atomic E-state index is 1.03. The first-order valence-corrected chi connectivity index (χ1v) is 4.45. The fourth-order valence-corrected chi connectivity index (χ4v) is 1.14. The summed E-state index contributed by atoms with van der Waals surface area (Å²) in [4.78, 5) is 4.25. The molecule has 0 radical (unpaired) electrons. The minimum atomic E-state index is 1.03. The highest BCUT2D eigenvalue weighted by molar-refractivity contribution is 5.58. The first-order chi connectivity index (χ1) is 7.38. The molecule has 0 unspecified atom stereocenters. The molecule has 0 amide bonds. The predicted octanol–water partition coefficient (Wildman–Crippen LogP) is 2.82. The molecule has 1 N–H and O–H groups in total. The molecule has 0 aliphatic heterocycles. The van der Waals surface area contributed by atoms with Crippen LogP contribution >= 0.6 is 0 Å². The molecule has 3 nitrogen and oxygen atoms in total. The third-order valence-electron chi connectivity index (χ3n) is 1.73. The lowest BCUT2D eigenvalue weighted by Crippen LogP contribution is -1.79. The van der Waals surface area contributed by atoms with Crippen LogP contribution in [0, 0.1) is 0 Å². The molecule has 0 saturated carbocycles. The SMILES string of the molecule is C=NO.c1ccc(-c2ccccn2)cc1. The molecule has 1 heterocycles. The summed E-state index contributed by atoms with van der Waals surface area (Å²) in [5.74, 6) is 0. The van der Waals surface area contributed by atoms with Crippen molar-refractivity contribution in [2.45, 2.75) is 0 Å². The first kappa shape index (κ1) is 10.9. The summed E-state index contributed by atoms with van der Waals surface area (Å²) in [5, 5.41) is 9.33. The number of hydrogen-bond donors (Lipinski definition) is 1. The Morgan fingerprint density at radius 3 is 2.13 bits per heavy atom. The molecule has 0 bridgehead atoms. The highest BCUT2D eigenvalue weighted by atomic mass is 16.4. The van der Waals surface area contributed by atoms with E-state index in [1.807, 2.05) is 42.6 Å². The summed E-state index contributed by atoms with van der Waals surface area (Å²) >= 11 is 0. The average molecular weight is 200 g/mol. The molecule has 1 aromatic heterocycles. The van der Waals surface area contributed by atoms with Crippen LogP contribution < -0.4 is 0 Å². The molecule has 15 heavy (non-hydrogen) atoms. The van der Waals surface area contributed by atoms with Gasteiger partial charge in [0.15, 0.2) is 0 Å². The van der Waals surface area contributed by atoms with Crippen molar-refractivity contribution in [3.8, 4) is 11.3 Å². The Morgan fingerprint density at radius 1 is 1.00 bits per heavy atom. The van der Waals surface area contributed by atoms with Gasteiger partial charge in [-0.1, -0.05) is 36.4 Å². The lowest BCUT2D eigenvalue weighted by atomic mass is 10.1. The standard InChI is InChI=1S/C11H9N.CH3NO/c1-2-6-10(7-3-1)11-8-4-5-9-12-11;1-2-3/h1-9H;3H,1H2. The van der Waals surface area contributed by atoms with Gasteiger partial charge in [-0.25, -0.2) is 0 Å². The highest BCUT2D eigenvalue weighted by Crippen LogP contribution is 2.14. The van der Waals surface area contributed by atoms with E-state index in [-0.39, 0.29) is 0 Å². The van der Waals surface area contributed by atoms with Crippen LogP contribution in [0.4, 0.5) is 0 Å². The van der Waals surface area contributed by atoms with Crippen molar-refractivity contribution in [1.29, 1.82) is 0 Å². The average Bonchev–Trinajstić information content (AvgIpc) is 2.32. The van der Waals surface area contributed by atoms with Crippen LogP contribution in [-0.2, 0) is 0 Å². The van der Waals surface area contributed by atoms with E-state index in [0.717, 1.165) is 11.3 Å². The van der Waals surface area contributed by atoms with E-state index in [1.165, 1.54) is 0 Å². The van der Waals surface area contributed by atoms with Crippen molar-refractivity contribution >= 4 is 6.72 Å². The van der Waals surface area contributed by atoms with Gasteiger partial charge in [0.1, 0.15) is 0 Å². The van der Waals surface area contributed by atoms with Gasteiger partial charge in [0.25, 0.3) is 0 Å². The van der Waals surface area contributed by atoms with Gasteiger partial charge in [0.05, 0.1) is 5.69 Å². The van der Waals surface area contributed by atoms with Crippen molar-refractivity contribution in [2.24, 2.45) is 5.16 Å². The first-order valence-electron chi connectivity index (χ1n) is 4.45. The van der Waals surface area contributed by atoms with E-state index in [9.17, 15) is 0 Å². The Labute approximate surface area is 88.7 Å². The number of nitrogens with zero attached hydrogens (tertiary/aromatic N) is 2. The van der Waals surface area contributed by atoms with Gasteiger partial charge in [-0.2, -0.15) is 0 Å². The van der Waals surface area contributed by atoms with Gasteiger partial charge in [-0.05, 0) is 12.1 Å². The molecule has 0 atom stereocenters. The molecule has 0 aliphatic carbocycles. The van der Waals surface area contributed by atoms with Crippen molar-refractivity contribution in [2.75, 3.05) is 0 Å². The largest absolute Gasteiger partial charge is 0.411 e. The zero-order chi connectivity index (χ0) is 10.9. The second-order valence-corrected chi connectivity index (χ2v) is 2.72. The molecule has 76 valence electrons. The molecule has 0 fully saturated rings. The molecule has 2 aromatic rings. The van der Waals surface area contributed by atoms with E-state index >= 15 is 0 Å². The molecule has 0 aliphatic rings. The van der Waals surface area contributed by atoms with Crippen molar-refractivity contribution in [3.63, 3.8) is 0 Å². The fourth-order valence-electron chi connectivity index (χ4n) is 1.14. The lowest BCUT2D eigenvalue weighted by Gasteiger charge is -1.97. The van der Waals surface area contributed by atoms with Gasteiger partial charge < -0.3 is 5.21 Å². The molecule has 2 rings (SSSR count). The fraction of sp³-hybridized carbons (Fsp3) is 0. The zero-order valence-electron chi connectivity index (χ0n) is 8.24. The molecule has 0 saturated heterocycles. The van der Waals surface area contributed by atoms with Gasteiger partial charge >= 0.3 is 0 Å². The van der Waals surface area contributed by atoms with Gasteiger partial charge in [0, 0.05) is 18.5 Å². The normalized spacial score (nSPS) is 8.53. The summed E-state index contributed by atoms with van der Waals surface area (Å²) in [6.07, 6.45) is 1.81. The maximum absolute atomic E-state index is 7.08. The third kappa shape index (κ3) is 3.60. The monoisotopic (exact) mass is 200 g/mol. The van der Waals surface area contributed by atoms with E-state index in [1.54, 1.807) is 0 Å². The van der Waals surface area contributed by atoms with Crippen LogP contribution in [0.1, 0.15) is 0 Å². The summed E-state index contributed by atoms with van der Waals surface area (Å²) < 4.78 is 0. The number of oxime groups is 1. The Hall–Kier alpha value is -2.16. The third-order valence-corrected chi connectivity index (χ3v) is 1.73. The van der Waals surface area contributed by atoms with Crippen LogP contribution in [0.5, 0.6) is 0 Å². The zero-order valence-corrected chi connectivity index (χ0v) is 8.24. The number of rotatable bonds is 1. The summed E-state index contributed by atoms with van der Waals surface area (Å²) in [6, 6.07) is 16.1. The van der Waals surface area contributed by atoms with Crippen LogP contribution in [0.3, 0.4) is 0 Å². The maximum atomic E-state index is 7.08. The summed E-state index contributed by atoms with van der Waals surface area (Å²) in [6.45, 7) is 2.67. The van der Waals surface area contributed by atoms with Gasteiger partial charge in [-0.3, -0.25) is 4.98 Å². The number of pyridine rings is 1. The van der Waals surface area contributed by atoms with E-state index in [4.69, 9.17) is 5.21 Å². The quantitative estimate of drug-likeness (QED) is 0.437. The molecule has 3 heteroatoms. The number of benzene rings is 1. The molecular formula is C12H12N2O. The Kier molecular flexibility index (Phi) is 4.60. The van der Waals surface area contributed by atoms with Crippen molar-refractivity contribution in [3.05, 3.63) is 54.7 Å². The Balaban J connectivity index is 0.000000337. The van der Waals surface area contributed by atoms with Crippen LogP contribution in [0.2, 0.25) is 0 Å². The molecular weight excluding hydrogens is 188 g/mol. The van der Waals surface area contributed by atoms with Crippen LogP contribution in [-0.4, -0.2) is 16.9 Å². The Morgan fingerprint density at radius 2 is 1.60 bits per heavy atom. The van der Waals surface area contributed by atoms with E-state index in [0.29, 0.717) is 0 Å². The van der Waals surface area contributed by atoms with E-state index < -0.39 is 0 Å².